The number of hydrogen-bond acceptors (Lipinski definition) is 6. The Balaban J connectivity index is 1.82. The van der Waals surface area contributed by atoms with Crippen LogP contribution < -0.4 is 20.7 Å². The summed E-state index contributed by atoms with van der Waals surface area (Å²) in [6.45, 7) is 2.13. The van der Waals surface area contributed by atoms with Gasteiger partial charge in [0.2, 0.25) is 5.91 Å². The zero-order valence-electron chi connectivity index (χ0n) is 17.4. The predicted molar refractivity (Wildman–Crippen MR) is 116 cm³/mol. The van der Waals surface area contributed by atoms with Crippen LogP contribution in [0.2, 0.25) is 0 Å². The zero-order valence-corrected chi connectivity index (χ0v) is 17.4. The molecule has 0 aliphatic carbocycles. The maximum Gasteiger partial charge on any atom is 0.251 e. The highest BCUT2D eigenvalue weighted by molar-refractivity contribution is 5.96. The Kier molecular flexibility index (Phi) is 10.2. The number of benzene rings is 2. The molecule has 0 unspecified atom stereocenters. The van der Waals surface area contributed by atoms with Crippen LogP contribution in [0.15, 0.2) is 48.5 Å². The van der Waals surface area contributed by atoms with E-state index < -0.39 is 0 Å². The first-order valence-electron chi connectivity index (χ1n) is 9.75. The number of ether oxygens (including phenoxy) is 3. The molecule has 0 heterocycles. The second kappa shape index (κ2) is 13.2. The molecule has 0 aliphatic heterocycles. The minimum absolute atomic E-state index is 0.0632. The maximum absolute atomic E-state index is 12.3. The Bertz CT molecular complexity index is 813. The van der Waals surface area contributed by atoms with Gasteiger partial charge in [0.1, 0.15) is 12.4 Å². The molecule has 2 aromatic rings. The molecule has 0 radical (unpaired) electrons. The lowest BCUT2D eigenvalue weighted by Crippen LogP contribution is -2.25. The number of nitrogens with one attached hydrogen (secondary N) is 3. The normalized spacial score (nSPS) is 10.3. The van der Waals surface area contributed by atoms with Gasteiger partial charge in [-0.05, 0) is 36.8 Å². The van der Waals surface area contributed by atoms with Gasteiger partial charge in [-0.25, -0.2) is 0 Å². The van der Waals surface area contributed by atoms with Gasteiger partial charge >= 0.3 is 0 Å². The van der Waals surface area contributed by atoms with Crippen molar-refractivity contribution < 1.29 is 23.8 Å². The number of amides is 2. The molecule has 0 aliphatic rings. The molecular formula is C22H29N3O5. The maximum atomic E-state index is 12.3. The van der Waals surface area contributed by atoms with Crippen molar-refractivity contribution in [3.63, 3.8) is 0 Å². The van der Waals surface area contributed by atoms with Crippen LogP contribution in [0.1, 0.15) is 16.8 Å². The molecule has 0 bridgehead atoms. The third-order valence-corrected chi connectivity index (χ3v) is 4.06. The summed E-state index contributed by atoms with van der Waals surface area (Å²) in [5.74, 6) is 0.282. The van der Waals surface area contributed by atoms with E-state index in [0.717, 1.165) is 6.42 Å². The van der Waals surface area contributed by atoms with Crippen LogP contribution in [-0.4, -0.2) is 58.9 Å². The van der Waals surface area contributed by atoms with Crippen LogP contribution in [0.4, 0.5) is 11.4 Å². The molecule has 0 atom stereocenters. The Morgan fingerprint density at radius 2 is 1.67 bits per heavy atom. The van der Waals surface area contributed by atoms with Gasteiger partial charge in [0.05, 0.1) is 13.2 Å². The predicted octanol–water partition coefficient (Wildman–Crippen LogP) is 2.53. The van der Waals surface area contributed by atoms with E-state index in [1.807, 2.05) is 6.07 Å². The number of rotatable bonds is 13. The van der Waals surface area contributed by atoms with Crippen LogP contribution in [0.25, 0.3) is 0 Å². The fraction of sp³-hybridized carbons (Fsp3) is 0.364. The molecule has 8 heteroatoms. The Labute approximate surface area is 176 Å². The molecular weight excluding hydrogens is 386 g/mol. The number of hydrogen-bond donors (Lipinski definition) is 3. The summed E-state index contributed by atoms with van der Waals surface area (Å²) < 4.78 is 15.5. The van der Waals surface area contributed by atoms with Crippen molar-refractivity contribution in [1.82, 2.24) is 5.32 Å². The lowest BCUT2D eigenvalue weighted by molar-refractivity contribution is -0.114. The van der Waals surface area contributed by atoms with E-state index in [4.69, 9.17) is 14.2 Å². The van der Waals surface area contributed by atoms with Gasteiger partial charge in [0.25, 0.3) is 5.91 Å². The molecule has 0 saturated heterocycles. The molecule has 0 saturated carbocycles. The molecule has 3 N–H and O–H groups in total. The summed E-state index contributed by atoms with van der Waals surface area (Å²) in [6.07, 6.45) is 0.749. The first-order chi connectivity index (χ1) is 14.6. The van der Waals surface area contributed by atoms with Gasteiger partial charge in [-0.15, -0.1) is 0 Å². The highest BCUT2D eigenvalue weighted by atomic mass is 16.5. The standard InChI is InChI=1S/C22H29N3O5/c1-28-11-5-10-23-22(27)17-6-3-7-18(14-17)24-16-21(26)25-19-8-4-9-20(15-19)30-13-12-29-2/h3-4,6-9,14-15,24H,5,10-13,16H2,1-2H3,(H,23,27)(H,25,26). The van der Waals surface area contributed by atoms with Crippen molar-refractivity contribution in [2.24, 2.45) is 0 Å². The van der Waals surface area contributed by atoms with Crippen molar-refractivity contribution in [3.05, 3.63) is 54.1 Å². The minimum Gasteiger partial charge on any atom is -0.491 e. The summed E-state index contributed by atoms with van der Waals surface area (Å²) in [4.78, 5) is 24.4. The van der Waals surface area contributed by atoms with Crippen molar-refractivity contribution in [3.8, 4) is 5.75 Å². The summed E-state index contributed by atoms with van der Waals surface area (Å²) in [5.41, 5.74) is 1.85. The third-order valence-electron chi connectivity index (χ3n) is 4.06. The first-order valence-corrected chi connectivity index (χ1v) is 9.75. The second-order valence-corrected chi connectivity index (χ2v) is 6.45. The van der Waals surface area contributed by atoms with Crippen molar-refractivity contribution in [2.45, 2.75) is 6.42 Å². The van der Waals surface area contributed by atoms with Gasteiger partial charge in [0.15, 0.2) is 0 Å². The summed E-state index contributed by atoms with van der Waals surface area (Å²) in [6, 6.07) is 14.2. The molecule has 2 amide bonds. The molecule has 2 rings (SSSR count). The van der Waals surface area contributed by atoms with Gasteiger partial charge in [-0.2, -0.15) is 0 Å². The second-order valence-electron chi connectivity index (χ2n) is 6.45. The molecule has 0 aromatic heterocycles. The quantitative estimate of drug-likeness (QED) is 0.435. The van der Waals surface area contributed by atoms with E-state index in [1.165, 1.54) is 0 Å². The van der Waals surface area contributed by atoms with Gasteiger partial charge in [-0.1, -0.05) is 12.1 Å². The smallest absolute Gasteiger partial charge is 0.251 e. The SMILES string of the molecule is COCCCNC(=O)c1cccc(NCC(=O)Nc2cccc(OCCOC)c2)c1. The first kappa shape index (κ1) is 23.2. The van der Waals surface area contributed by atoms with Crippen LogP contribution in [-0.2, 0) is 14.3 Å². The van der Waals surface area contributed by atoms with Crippen molar-refractivity contribution in [2.75, 3.05) is 57.8 Å². The topological polar surface area (TPSA) is 97.9 Å². The Hall–Kier alpha value is -3.10. The van der Waals surface area contributed by atoms with E-state index >= 15 is 0 Å². The minimum atomic E-state index is -0.210. The Morgan fingerprint density at radius 1 is 0.900 bits per heavy atom. The van der Waals surface area contributed by atoms with Crippen molar-refractivity contribution in [1.29, 1.82) is 0 Å². The molecule has 2 aromatic carbocycles. The number of carbonyl (C=O) groups excluding carboxylic acids is 2. The molecule has 162 valence electrons. The lowest BCUT2D eigenvalue weighted by atomic mass is 10.2. The van der Waals surface area contributed by atoms with Gasteiger partial charge < -0.3 is 30.2 Å². The fourth-order valence-electron chi connectivity index (χ4n) is 2.58. The highest BCUT2D eigenvalue weighted by Gasteiger charge is 2.07. The van der Waals surface area contributed by atoms with Crippen molar-refractivity contribution >= 4 is 23.2 Å². The largest absolute Gasteiger partial charge is 0.491 e. The van der Waals surface area contributed by atoms with Crippen LogP contribution >= 0.6 is 0 Å². The lowest BCUT2D eigenvalue weighted by Gasteiger charge is -2.11. The van der Waals surface area contributed by atoms with E-state index in [2.05, 4.69) is 16.0 Å². The van der Waals surface area contributed by atoms with Crippen LogP contribution in [0.3, 0.4) is 0 Å². The van der Waals surface area contributed by atoms with Gasteiger partial charge in [0, 0.05) is 50.4 Å². The summed E-state index contributed by atoms with van der Waals surface area (Å²) >= 11 is 0. The average Bonchev–Trinajstić information content (AvgIpc) is 2.76. The van der Waals surface area contributed by atoms with E-state index in [0.29, 0.717) is 49.1 Å². The molecule has 8 nitrogen and oxygen atoms in total. The average molecular weight is 415 g/mol. The Morgan fingerprint density at radius 3 is 2.47 bits per heavy atom. The van der Waals surface area contributed by atoms with E-state index in [1.54, 1.807) is 56.7 Å². The molecule has 0 fully saturated rings. The van der Waals surface area contributed by atoms with E-state index in [-0.39, 0.29) is 18.4 Å². The summed E-state index contributed by atoms with van der Waals surface area (Å²) in [5, 5.41) is 8.69. The molecule has 30 heavy (non-hydrogen) atoms. The van der Waals surface area contributed by atoms with Crippen LogP contribution in [0, 0.1) is 0 Å². The summed E-state index contributed by atoms with van der Waals surface area (Å²) in [7, 11) is 3.23. The fourth-order valence-corrected chi connectivity index (χ4v) is 2.58. The highest BCUT2D eigenvalue weighted by Crippen LogP contribution is 2.17. The number of carbonyl (C=O) groups is 2. The monoisotopic (exact) mass is 415 g/mol. The number of methoxy groups -OCH3 is 2. The van der Waals surface area contributed by atoms with Crippen LogP contribution in [0.5, 0.6) is 5.75 Å². The zero-order chi connectivity index (χ0) is 21.6. The van der Waals surface area contributed by atoms with Gasteiger partial charge in [-0.3, -0.25) is 9.59 Å². The van der Waals surface area contributed by atoms with E-state index in [9.17, 15) is 9.59 Å². The number of anilines is 2. The molecule has 0 spiro atoms. The third kappa shape index (κ3) is 8.50.